The smallest absolute Gasteiger partial charge is 0.271 e. The maximum Gasteiger partial charge on any atom is 0.271 e. The molecule has 0 saturated carbocycles. The minimum absolute atomic E-state index is 0.0407. The van der Waals surface area contributed by atoms with Crippen LogP contribution in [0.15, 0.2) is 65.8 Å². The van der Waals surface area contributed by atoms with Gasteiger partial charge >= 0.3 is 0 Å². The topological polar surface area (TPSA) is 79.8 Å². The molecule has 2 amide bonds. The van der Waals surface area contributed by atoms with Gasteiger partial charge in [-0.25, -0.2) is 5.43 Å². The molecule has 0 aliphatic heterocycles. The van der Waals surface area contributed by atoms with Crippen molar-refractivity contribution in [2.45, 2.75) is 19.8 Å². The van der Waals surface area contributed by atoms with Crippen LogP contribution >= 0.6 is 0 Å². The highest BCUT2D eigenvalue weighted by atomic mass is 16.5. The number of methoxy groups -OCH3 is 1. The molecule has 0 radical (unpaired) electrons. The molecule has 0 aromatic heterocycles. The minimum Gasteiger partial charge on any atom is -0.496 e. The molecule has 0 aliphatic rings. The monoisotopic (exact) mass is 389 g/mol. The van der Waals surface area contributed by atoms with Crippen LogP contribution in [0.2, 0.25) is 0 Å². The van der Waals surface area contributed by atoms with Crippen molar-refractivity contribution in [3.8, 4) is 5.75 Å². The van der Waals surface area contributed by atoms with Gasteiger partial charge in [-0.05, 0) is 48.2 Å². The fourth-order valence-electron chi connectivity index (χ4n) is 2.97. The van der Waals surface area contributed by atoms with E-state index in [1.165, 1.54) is 0 Å². The second-order valence-corrected chi connectivity index (χ2v) is 6.48. The van der Waals surface area contributed by atoms with Crippen LogP contribution in [0.5, 0.6) is 5.75 Å². The fraction of sp³-hybridized carbons (Fsp3) is 0.174. The first-order valence-corrected chi connectivity index (χ1v) is 9.41. The van der Waals surface area contributed by atoms with Gasteiger partial charge in [0.1, 0.15) is 5.75 Å². The van der Waals surface area contributed by atoms with E-state index in [0.29, 0.717) is 17.7 Å². The Balaban J connectivity index is 1.67. The van der Waals surface area contributed by atoms with Gasteiger partial charge in [0.05, 0.1) is 13.3 Å². The van der Waals surface area contributed by atoms with Gasteiger partial charge in [-0.2, -0.15) is 5.10 Å². The summed E-state index contributed by atoms with van der Waals surface area (Å²) in [4.78, 5) is 23.9. The lowest BCUT2D eigenvalue weighted by molar-refractivity contribution is -0.116. The average molecular weight is 389 g/mol. The summed E-state index contributed by atoms with van der Waals surface area (Å²) >= 11 is 0. The van der Waals surface area contributed by atoms with Crippen molar-refractivity contribution < 1.29 is 14.3 Å². The average Bonchev–Trinajstić information content (AvgIpc) is 2.74. The molecule has 0 saturated heterocycles. The van der Waals surface area contributed by atoms with E-state index in [4.69, 9.17) is 4.74 Å². The molecule has 29 heavy (non-hydrogen) atoms. The summed E-state index contributed by atoms with van der Waals surface area (Å²) in [5.74, 6) is 0.416. The second kappa shape index (κ2) is 9.50. The molecule has 3 aromatic carbocycles. The quantitative estimate of drug-likeness (QED) is 0.466. The van der Waals surface area contributed by atoms with Crippen molar-refractivity contribution in [2.24, 2.45) is 5.10 Å². The van der Waals surface area contributed by atoms with E-state index in [9.17, 15) is 9.59 Å². The first-order chi connectivity index (χ1) is 14.1. The number of benzene rings is 3. The Morgan fingerprint density at radius 3 is 2.41 bits per heavy atom. The van der Waals surface area contributed by atoms with Gasteiger partial charge in [-0.15, -0.1) is 0 Å². The largest absolute Gasteiger partial charge is 0.496 e. The lowest BCUT2D eigenvalue weighted by atomic mass is 10.0. The van der Waals surface area contributed by atoms with Gasteiger partial charge in [-0.3, -0.25) is 9.59 Å². The number of amides is 2. The van der Waals surface area contributed by atoms with Crippen LogP contribution in [0.25, 0.3) is 10.8 Å². The zero-order chi connectivity index (χ0) is 20.6. The Labute approximate surface area is 169 Å². The maximum absolute atomic E-state index is 12.3. The second-order valence-electron chi connectivity index (χ2n) is 6.48. The van der Waals surface area contributed by atoms with Crippen molar-refractivity contribution in [3.63, 3.8) is 0 Å². The first-order valence-electron chi connectivity index (χ1n) is 9.41. The number of hydrazone groups is 1. The maximum atomic E-state index is 12.3. The SMILES string of the molecule is CCCC(=O)Nc1ccc(C(=O)NN=Cc2ccc(OC)c3ccccc23)cc1. The lowest BCUT2D eigenvalue weighted by Crippen LogP contribution is -2.17. The Morgan fingerprint density at radius 2 is 1.72 bits per heavy atom. The molecule has 0 bridgehead atoms. The van der Waals surface area contributed by atoms with E-state index < -0.39 is 0 Å². The molecule has 6 heteroatoms. The van der Waals surface area contributed by atoms with Gasteiger partial charge in [0, 0.05) is 28.6 Å². The number of anilines is 1. The molecule has 148 valence electrons. The molecule has 0 heterocycles. The highest BCUT2D eigenvalue weighted by molar-refractivity contribution is 6.03. The lowest BCUT2D eigenvalue weighted by Gasteiger charge is -2.07. The van der Waals surface area contributed by atoms with E-state index in [1.54, 1.807) is 37.6 Å². The van der Waals surface area contributed by atoms with Gasteiger partial charge < -0.3 is 10.1 Å². The third-order valence-electron chi connectivity index (χ3n) is 4.42. The van der Waals surface area contributed by atoms with E-state index in [0.717, 1.165) is 28.5 Å². The van der Waals surface area contributed by atoms with E-state index in [1.807, 2.05) is 43.3 Å². The number of hydrogen-bond acceptors (Lipinski definition) is 4. The van der Waals surface area contributed by atoms with Crippen LogP contribution in [-0.4, -0.2) is 25.1 Å². The predicted octanol–water partition coefficient (Wildman–Crippen LogP) is 4.35. The summed E-state index contributed by atoms with van der Waals surface area (Å²) in [6.45, 7) is 1.95. The molecule has 3 rings (SSSR count). The zero-order valence-electron chi connectivity index (χ0n) is 16.4. The molecule has 6 nitrogen and oxygen atoms in total. The summed E-state index contributed by atoms with van der Waals surface area (Å²) < 4.78 is 5.39. The van der Waals surface area contributed by atoms with Crippen LogP contribution in [0.1, 0.15) is 35.7 Å². The van der Waals surface area contributed by atoms with Gasteiger partial charge in [0.2, 0.25) is 5.91 Å². The van der Waals surface area contributed by atoms with Crippen LogP contribution in [0.3, 0.4) is 0 Å². The summed E-state index contributed by atoms with van der Waals surface area (Å²) in [5.41, 5.74) is 4.52. The third kappa shape index (κ3) is 4.99. The van der Waals surface area contributed by atoms with Crippen LogP contribution < -0.4 is 15.5 Å². The molecule has 3 aromatic rings. The van der Waals surface area contributed by atoms with Crippen LogP contribution in [0, 0.1) is 0 Å². The highest BCUT2D eigenvalue weighted by Crippen LogP contribution is 2.27. The van der Waals surface area contributed by atoms with Gasteiger partial charge in [-0.1, -0.05) is 31.2 Å². The van der Waals surface area contributed by atoms with Crippen LogP contribution in [-0.2, 0) is 4.79 Å². The van der Waals surface area contributed by atoms with E-state index in [-0.39, 0.29) is 11.8 Å². The molecular formula is C23H23N3O3. The molecule has 0 aliphatic carbocycles. The summed E-state index contributed by atoms with van der Waals surface area (Å²) in [6.07, 6.45) is 2.86. The molecular weight excluding hydrogens is 366 g/mol. The molecule has 0 unspecified atom stereocenters. The fourth-order valence-corrected chi connectivity index (χ4v) is 2.97. The Kier molecular flexibility index (Phi) is 6.58. The van der Waals surface area contributed by atoms with Crippen molar-refractivity contribution >= 4 is 34.5 Å². The Morgan fingerprint density at radius 1 is 1.00 bits per heavy atom. The number of nitrogens with one attached hydrogen (secondary N) is 2. The Hall–Kier alpha value is -3.67. The van der Waals surface area contributed by atoms with Gasteiger partial charge in [0.25, 0.3) is 5.91 Å². The van der Waals surface area contributed by atoms with Crippen molar-refractivity contribution in [2.75, 3.05) is 12.4 Å². The number of hydrogen-bond donors (Lipinski definition) is 2. The number of rotatable bonds is 7. The van der Waals surface area contributed by atoms with Crippen LogP contribution in [0.4, 0.5) is 5.69 Å². The van der Waals surface area contributed by atoms with Crippen molar-refractivity contribution in [1.29, 1.82) is 0 Å². The summed E-state index contributed by atoms with van der Waals surface area (Å²) in [5, 5.41) is 8.83. The standard InChI is InChI=1S/C23H23N3O3/c1-3-6-22(27)25-18-12-9-16(10-13-18)23(28)26-24-15-17-11-14-21(29-2)20-8-5-4-7-19(17)20/h4-5,7-15H,3,6H2,1-2H3,(H,25,27)(H,26,28). The highest BCUT2D eigenvalue weighted by Gasteiger charge is 2.07. The number of ether oxygens (including phenoxy) is 1. The van der Waals surface area contributed by atoms with E-state index in [2.05, 4.69) is 15.8 Å². The number of carbonyl (C=O) groups excluding carboxylic acids is 2. The van der Waals surface area contributed by atoms with Crippen molar-refractivity contribution in [3.05, 3.63) is 71.8 Å². The molecule has 0 spiro atoms. The minimum atomic E-state index is -0.328. The third-order valence-corrected chi connectivity index (χ3v) is 4.42. The Bertz CT molecular complexity index is 1040. The van der Waals surface area contributed by atoms with Gasteiger partial charge in [0.15, 0.2) is 0 Å². The molecule has 2 N–H and O–H groups in total. The zero-order valence-corrected chi connectivity index (χ0v) is 16.4. The number of fused-ring (bicyclic) bond motifs is 1. The summed E-state index contributed by atoms with van der Waals surface area (Å²) in [6, 6.07) is 18.3. The number of nitrogens with zero attached hydrogens (tertiary/aromatic N) is 1. The predicted molar refractivity (Wildman–Crippen MR) is 116 cm³/mol. The summed E-state index contributed by atoms with van der Waals surface area (Å²) in [7, 11) is 1.64. The van der Waals surface area contributed by atoms with Crippen molar-refractivity contribution in [1.82, 2.24) is 5.43 Å². The molecule has 0 atom stereocenters. The molecule has 0 fully saturated rings. The number of carbonyl (C=O) groups is 2. The first kappa shape index (κ1) is 20.1. The van der Waals surface area contributed by atoms with E-state index >= 15 is 0 Å². The normalized spacial score (nSPS) is 10.8.